The van der Waals surface area contributed by atoms with Crippen LogP contribution in [0.3, 0.4) is 0 Å². The average molecular weight is 292 g/mol. The maximum atomic E-state index is 5.84. The first kappa shape index (κ1) is 13.7. The molecule has 20 heavy (non-hydrogen) atoms. The summed E-state index contributed by atoms with van der Waals surface area (Å²) in [7, 11) is 0. The molecule has 0 spiro atoms. The fourth-order valence-electron chi connectivity index (χ4n) is 1.99. The maximum absolute atomic E-state index is 5.84. The van der Waals surface area contributed by atoms with Crippen LogP contribution >= 0.6 is 11.6 Å². The fourth-order valence-corrected chi connectivity index (χ4v) is 2.12. The summed E-state index contributed by atoms with van der Waals surface area (Å²) >= 11 is 5.84. The Morgan fingerprint density at radius 1 is 1.15 bits per heavy atom. The molecule has 1 N–H and O–H groups in total. The Labute approximate surface area is 123 Å². The lowest BCUT2D eigenvalue weighted by atomic mass is 10.2. The van der Waals surface area contributed by atoms with E-state index < -0.39 is 0 Å². The Balaban J connectivity index is 1.42. The van der Waals surface area contributed by atoms with E-state index in [-0.39, 0.29) is 0 Å². The molecule has 1 saturated carbocycles. The van der Waals surface area contributed by atoms with Gasteiger partial charge in [-0.15, -0.1) is 0 Å². The van der Waals surface area contributed by atoms with Gasteiger partial charge in [-0.1, -0.05) is 23.7 Å². The summed E-state index contributed by atoms with van der Waals surface area (Å²) in [6.45, 7) is 1.94. The molecular weight excluding hydrogens is 274 g/mol. The van der Waals surface area contributed by atoms with Crippen molar-refractivity contribution in [2.75, 3.05) is 0 Å². The van der Waals surface area contributed by atoms with Gasteiger partial charge in [0.2, 0.25) is 0 Å². The highest BCUT2D eigenvalue weighted by Gasteiger charge is 2.20. The number of hydrogen-bond acceptors (Lipinski definition) is 3. The molecule has 1 aliphatic carbocycles. The normalized spacial score (nSPS) is 14.7. The minimum Gasteiger partial charge on any atom is -0.467 e. The van der Waals surface area contributed by atoms with Gasteiger partial charge in [0.05, 0.1) is 12.9 Å². The predicted octanol–water partition coefficient (Wildman–Crippen LogP) is 3.90. The third-order valence-corrected chi connectivity index (χ3v) is 3.56. The summed E-state index contributed by atoms with van der Waals surface area (Å²) in [5.74, 6) is 0.867. The summed E-state index contributed by atoms with van der Waals surface area (Å²) in [4.78, 5) is 0. The van der Waals surface area contributed by atoms with Crippen LogP contribution in [0.2, 0.25) is 5.02 Å². The molecule has 0 unspecified atom stereocenters. The zero-order chi connectivity index (χ0) is 13.8. The molecule has 0 atom stereocenters. The largest absolute Gasteiger partial charge is 0.467 e. The molecule has 2 aromatic rings. The molecule has 1 aromatic carbocycles. The van der Waals surface area contributed by atoms with Crippen LogP contribution in [-0.4, -0.2) is 6.04 Å². The first-order valence-corrected chi connectivity index (χ1v) is 7.29. The highest BCUT2D eigenvalue weighted by Crippen LogP contribution is 2.20. The van der Waals surface area contributed by atoms with Crippen molar-refractivity contribution in [1.29, 1.82) is 0 Å². The number of benzene rings is 1. The Bertz CT molecular complexity index is 546. The molecule has 1 aromatic heterocycles. The fraction of sp³-hybridized carbons (Fsp3) is 0.375. The summed E-state index contributed by atoms with van der Waals surface area (Å²) in [5, 5.41) is 4.20. The van der Waals surface area contributed by atoms with Gasteiger partial charge in [0, 0.05) is 23.2 Å². The van der Waals surface area contributed by atoms with Crippen LogP contribution in [0.25, 0.3) is 0 Å². The molecule has 3 nitrogen and oxygen atoms in total. The average Bonchev–Trinajstić information content (AvgIpc) is 3.18. The van der Waals surface area contributed by atoms with E-state index in [1.807, 2.05) is 24.3 Å². The monoisotopic (exact) mass is 291 g/mol. The van der Waals surface area contributed by atoms with Crippen molar-refractivity contribution in [3.05, 3.63) is 58.5 Å². The number of hydrogen-bond donors (Lipinski definition) is 1. The molecule has 4 heteroatoms. The molecule has 0 saturated heterocycles. The van der Waals surface area contributed by atoms with Crippen LogP contribution in [-0.2, 0) is 24.5 Å². The van der Waals surface area contributed by atoms with Crippen LogP contribution < -0.4 is 5.32 Å². The summed E-state index contributed by atoms with van der Waals surface area (Å²) < 4.78 is 11.1. The number of furan rings is 1. The lowest BCUT2D eigenvalue weighted by Crippen LogP contribution is -2.14. The zero-order valence-electron chi connectivity index (χ0n) is 11.3. The molecule has 1 fully saturated rings. The van der Waals surface area contributed by atoms with E-state index >= 15 is 0 Å². The lowest BCUT2D eigenvalue weighted by molar-refractivity contribution is 0.0929. The van der Waals surface area contributed by atoms with Gasteiger partial charge in [-0.05, 0) is 36.6 Å². The Morgan fingerprint density at radius 2 is 1.95 bits per heavy atom. The topological polar surface area (TPSA) is 34.4 Å². The van der Waals surface area contributed by atoms with E-state index in [9.17, 15) is 0 Å². The molecule has 0 amide bonds. The summed E-state index contributed by atoms with van der Waals surface area (Å²) in [6.07, 6.45) is 4.40. The summed E-state index contributed by atoms with van der Waals surface area (Å²) in [6, 6.07) is 10.4. The smallest absolute Gasteiger partial charge is 0.129 e. The highest BCUT2D eigenvalue weighted by atomic mass is 35.5. The van der Waals surface area contributed by atoms with Crippen LogP contribution in [0.4, 0.5) is 0 Å². The second-order valence-corrected chi connectivity index (χ2v) is 5.63. The van der Waals surface area contributed by atoms with Crippen molar-refractivity contribution in [1.82, 2.24) is 5.32 Å². The molecule has 1 heterocycles. The van der Waals surface area contributed by atoms with Crippen LogP contribution in [0.1, 0.15) is 29.7 Å². The molecule has 0 radical (unpaired) electrons. The van der Waals surface area contributed by atoms with Gasteiger partial charge in [-0.25, -0.2) is 0 Å². The Hall–Kier alpha value is -1.29. The van der Waals surface area contributed by atoms with Crippen LogP contribution in [0.5, 0.6) is 0 Å². The first-order chi connectivity index (χ1) is 9.79. The van der Waals surface area contributed by atoms with E-state index in [4.69, 9.17) is 20.8 Å². The van der Waals surface area contributed by atoms with Gasteiger partial charge >= 0.3 is 0 Å². The number of nitrogens with one attached hydrogen (secondary N) is 1. The molecule has 106 valence electrons. The maximum Gasteiger partial charge on any atom is 0.129 e. The highest BCUT2D eigenvalue weighted by molar-refractivity contribution is 6.30. The van der Waals surface area contributed by atoms with Crippen molar-refractivity contribution in [3.63, 3.8) is 0 Å². The quantitative estimate of drug-likeness (QED) is 0.840. The second kappa shape index (κ2) is 6.44. The number of rotatable bonds is 7. The van der Waals surface area contributed by atoms with Gasteiger partial charge in [0.15, 0.2) is 0 Å². The van der Waals surface area contributed by atoms with Crippen molar-refractivity contribution in [3.8, 4) is 0 Å². The number of ether oxygens (including phenoxy) is 1. The van der Waals surface area contributed by atoms with E-state index in [0.29, 0.717) is 13.2 Å². The predicted molar refractivity (Wildman–Crippen MR) is 78.5 cm³/mol. The molecule has 0 bridgehead atoms. The van der Waals surface area contributed by atoms with Gasteiger partial charge in [-0.3, -0.25) is 0 Å². The van der Waals surface area contributed by atoms with Gasteiger partial charge < -0.3 is 14.5 Å². The van der Waals surface area contributed by atoms with E-state index in [2.05, 4.69) is 11.4 Å². The lowest BCUT2D eigenvalue weighted by Gasteiger charge is -2.02. The molecule has 0 aliphatic heterocycles. The van der Waals surface area contributed by atoms with E-state index in [1.54, 1.807) is 6.26 Å². The molecule has 1 aliphatic rings. The van der Waals surface area contributed by atoms with Crippen molar-refractivity contribution >= 4 is 11.6 Å². The minimum atomic E-state index is 0.492. The Morgan fingerprint density at radius 3 is 2.70 bits per heavy atom. The minimum absolute atomic E-state index is 0.492. The van der Waals surface area contributed by atoms with Crippen LogP contribution in [0.15, 0.2) is 41.0 Å². The van der Waals surface area contributed by atoms with Crippen LogP contribution in [0, 0.1) is 0 Å². The van der Waals surface area contributed by atoms with Crippen molar-refractivity contribution in [2.24, 2.45) is 0 Å². The first-order valence-electron chi connectivity index (χ1n) is 6.91. The van der Waals surface area contributed by atoms with Crippen molar-refractivity contribution < 1.29 is 9.15 Å². The Kier molecular flexibility index (Phi) is 4.41. The van der Waals surface area contributed by atoms with Gasteiger partial charge in [0.25, 0.3) is 0 Å². The zero-order valence-corrected chi connectivity index (χ0v) is 12.0. The standard InChI is InChI=1S/C16H18ClNO2/c17-14-3-1-12(2-4-14)9-19-11-16-7-13(10-20-16)8-18-15-5-6-15/h1-4,7,10,15,18H,5-6,8-9,11H2. The number of halogens is 1. The molecular formula is C16H18ClNO2. The third kappa shape index (κ3) is 4.10. The van der Waals surface area contributed by atoms with E-state index in [1.165, 1.54) is 18.4 Å². The van der Waals surface area contributed by atoms with Gasteiger partial charge in [0.1, 0.15) is 12.4 Å². The van der Waals surface area contributed by atoms with E-state index in [0.717, 1.165) is 28.9 Å². The summed E-state index contributed by atoms with van der Waals surface area (Å²) in [5.41, 5.74) is 2.29. The van der Waals surface area contributed by atoms with Gasteiger partial charge in [-0.2, -0.15) is 0 Å². The molecule has 3 rings (SSSR count). The van der Waals surface area contributed by atoms with Crippen molar-refractivity contribution in [2.45, 2.75) is 38.6 Å². The third-order valence-electron chi connectivity index (χ3n) is 3.31. The SMILES string of the molecule is Clc1ccc(COCc2cc(CNC3CC3)co2)cc1. The second-order valence-electron chi connectivity index (χ2n) is 5.20.